The Labute approximate surface area is 212 Å². The fourth-order valence-electron chi connectivity index (χ4n) is 5.18. The molecule has 9 nitrogen and oxygen atoms in total. The number of fused-ring (bicyclic) bond motifs is 1. The van der Waals surface area contributed by atoms with E-state index in [-0.39, 0.29) is 30.2 Å². The summed E-state index contributed by atoms with van der Waals surface area (Å²) in [4.78, 5) is 27.0. The molecular formula is C27H37N7O2. The van der Waals surface area contributed by atoms with E-state index in [1.165, 1.54) is 5.56 Å². The monoisotopic (exact) mass is 491 g/mol. The summed E-state index contributed by atoms with van der Waals surface area (Å²) in [6, 6.07) is 8.64. The predicted molar refractivity (Wildman–Crippen MR) is 140 cm³/mol. The van der Waals surface area contributed by atoms with Gasteiger partial charge in [0.05, 0.1) is 36.2 Å². The second-order valence-corrected chi connectivity index (χ2v) is 9.87. The van der Waals surface area contributed by atoms with E-state index in [0.717, 1.165) is 37.3 Å². The lowest BCUT2D eigenvalue weighted by Gasteiger charge is -2.49. The van der Waals surface area contributed by atoms with E-state index in [2.05, 4.69) is 47.7 Å². The lowest BCUT2D eigenvalue weighted by molar-refractivity contribution is 0.101. The van der Waals surface area contributed by atoms with E-state index in [1.807, 2.05) is 26.1 Å². The van der Waals surface area contributed by atoms with Crippen LogP contribution in [0, 0.1) is 11.3 Å². The van der Waals surface area contributed by atoms with Crippen LogP contribution in [0.5, 0.6) is 5.88 Å². The van der Waals surface area contributed by atoms with Crippen molar-refractivity contribution >= 4 is 11.3 Å². The zero-order chi connectivity index (χ0) is 26.0. The zero-order valence-corrected chi connectivity index (χ0v) is 22.2. The lowest BCUT2D eigenvalue weighted by atomic mass is 9.97. The van der Waals surface area contributed by atoms with Gasteiger partial charge in [0.15, 0.2) is 5.65 Å². The molecule has 0 radical (unpaired) electrons. The molecule has 1 aliphatic heterocycles. The van der Waals surface area contributed by atoms with Crippen LogP contribution in [-0.2, 0) is 13.5 Å². The molecule has 4 heterocycles. The summed E-state index contributed by atoms with van der Waals surface area (Å²) in [5, 5.41) is 9.17. The first-order valence-corrected chi connectivity index (χ1v) is 12.9. The van der Waals surface area contributed by atoms with Gasteiger partial charge in [0, 0.05) is 56.6 Å². The second kappa shape index (κ2) is 10.7. The molecule has 1 unspecified atom stereocenters. The van der Waals surface area contributed by atoms with Crippen LogP contribution in [0.2, 0.25) is 0 Å². The first-order valence-electron chi connectivity index (χ1n) is 12.9. The predicted octanol–water partition coefficient (Wildman–Crippen LogP) is 3.72. The Morgan fingerprint density at radius 3 is 2.53 bits per heavy atom. The highest BCUT2D eigenvalue weighted by molar-refractivity contribution is 5.69. The molecule has 0 aliphatic carbocycles. The van der Waals surface area contributed by atoms with Gasteiger partial charge in [0.25, 0.3) is 5.56 Å². The normalized spacial score (nSPS) is 19.6. The average molecular weight is 492 g/mol. The van der Waals surface area contributed by atoms with Crippen LogP contribution >= 0.6 is 0 Å². The number of pyridine rings is 1. The molecule has 192 valence electrons. The maximum Gasteiger partial charge on any atom is 0.267 e. The highest BCUT2D eigenvalue weighted by Gasteiger charge is 2.36. The fourth-order valence-corrected chi connectivity index (χ4v) is 5.18. The Bertz CT molecular complexity index is 1290. The van der Waals surface area contributed by atoms with Crippen LogP contribution in [0.1, 0.15) is 64.8 Å². The topological polar surface area (TPSA) is 91.7 Å². The molecule has 3 atom stereocenters. The van der Waals surface area contributed by atoms with E-state index in [9.17, 15) is 4.79 Å². The summed E-state index contributed by atoms with van der Waals surface area (Å²) >= 11 is 0. The second-order valence-electron chi connectivity index (χ2n) is 9.87. The van der Waals surface area contributed by atoms with Gasteiger partial charge in [-0.1, -0.05) is 19.9 Å². The van der Waals surface area contributed by atoms with Crippen molar-refractivity contribution in [3.05, 3.63) is 52.2 Å². The largest absolute Gasteiger partial charge is 0.475 e. The van der Waals surface area contributed by atoms with E-state index in [1.54, 1.807) is 28.5 Å². The summed E-state index contributed by atoms with van der Waals surface area (Å²) in [6.07, 6.45) is 5.94. The van der Waals surface area contributed by atoms with Crippen molar-refractivity contribution in [1.82, 2.24) is 24.1 Å². The fraction of sp³-hybridized carbons (Fsp3) is 0.556. The Balaban J connectivity index is 1.65. The molecule has 36 heavy (non-hydrogen) atoms. The maximum atomic E-state index is 12.9. The standard InChI is InChI=1S/C27H37N7O2/c1-7-22-17-33(24-13-26(35)31(6)34-15-21(11-12-28)30-27(24)34)23(8-2)16-32(22)19(5)20-9-10-25(29-14-20)36-18(3)4/h9-10,13-15,18-19,22-23H,7-8,11,16-17H2,1-6H3/t19?,22-,23+/m1/s1. The van der Waals surface area contributed by atoms with Crippen LogP contribution < -0.4 is 15.2 Å². The summed E-state index contributed by atoms with van der Waals surface area (Å²) in [6.45, 7) is 12.3. The summed E-state index contributed by atoms with van der Waals surface area (Å²) in [7, 11) is 1.73. The number of imidazole rings is 1. The summed E-state index contributed by atoms with van der Waals surface area (Å²) in [5.41, 5.74) is 3.31. The molecule has 1 saturated heterocycles. The van der Waals surface area contributed by atoms with E-state index in [4.69, 9.17) is 15.0 Å². The summed E-state index contributed by atoms with van der Waals surface area (Å²) in [5.74, 6) is 0.648. The Morgan fingerprint density at radius 2 is 1.92 bits per heavy atom. The number of ether oxygens (including phenoxy) is 1. The van der Waals surface area contributed by atoms with E-state index in [0.29, 0.717) is 17.6 Å². The van der Waals surface area contributed by atoms with Crippen molar-refractivity contribution in [3.63, 3.8) is 0 Å². The molecule has 0 aromatic carbocycles. The smallest absolute Gasteiger partial charge is 0.267 e. The number of nitrogens with zero attached hydrogens (tertiary/aromatic N) is 7. The highest BCUT2D eigenvalue weighted by Crippen LogP contribution is 2.33. The molecule has 0 N–H and O–H groups in total. The SMILES string of the molecule is CC[C@H]1CN(C(C)c2ccc(OC(C)C)nc2)[C@H](CC)CN1c1cc(=O)n(C)n2cc(CC#N)nc12. The Hall–Kier alpha value is -3.38. The van der Waals surface area contributed by atoms with Crippen LogP contribution in [0.4, 0.5) is 5.69 Å². The third-order valence-electron chi connectivity index (χ3n) is 7.22. The molecular weight excluding hydrogens is 454 g/mol. The molecule has 9 heteroatoms. The van der Waals surface area contributed by atoms with Crippen molar-refractivity contribution in [3.8, 4) is 11.9 Å². The molecule has 4 rings (SSSR count). The van der Waals surface area contributed by atoms with Crippen LogP contribution in [0.15, 0.2) is 35.4 Å². The van der Waals surface area contributed by atoms with Crippen molar-refractivity contribution in [2.75, 3.05) is 18.0 Å². The first-order chi connectivity index (χ1) is 17.3. The minimum Gasteiger partial charge on any atom is -0.475 e. The molecule has 0 amide bonds. The third kappa shape index (κ3) is 4.96. The van der Waals surface area contributed by atoms with Crippen LogP contribution in [-0.4, -0.2) is 55.3 Å². The van der Waals surface area contributed by atoms with Gasteiger partial charge in [-0.2, -0.15) is 5.26 Å². The summed E-state index contributed by atoms with van der Waals surface area (Å²) < 4.78 is 9.04. The number of aromatic nitrogens is 4. The molecule has 3 aromatic heterocycles. The van der Waals surface area contributed by atoms with Crippen molar-refractivity contribution < 1.29 is 4.74 Å². The van der Waals surface area contributed by atoms with Gasteiger partial charge < -0.3 is 9.64 Å². The van der Waals surface area contributed by atoms with Crippen molar-refractivity contribution in [2.45, 2.75) is 78.1 Å². The Morgan fingerprint density at radius 1 is 1.17 bits per heavy atom. The van der Waals surface area contributed by atoms with Gasteiger partial charge >= 0.3 is 0 Å². The van der Waals surface area contributed by atoms with Gasteiger partial charge in [-0.05, 0) is 39.2 Å². The Kier molecular flexibility index (Phi) is 7.65. The number of hydrogen-bond donors (Lipinski definition) is 0. The number of piperazine rings is 1. The van der Waals surface area contributed by atoms with Crippen molar-refractivity contribution in [1.29, 1.82) is 5.26 Å². The average Bonchev–Trinajstić information content (AvgIpc) is 3.29. The quantitative estimate of drug-likeness (QED) is 0.474. The van der Waals surface area contributed by atoms with Crippen LogP contribution in [0.25, 0.3) is 5.65 Å². The van der Waals surface area contributed by atoms with Gasteiger partial charge in [-0.3, -0.25) is 9.69 Å². The molecule has 0 bridgehead atoms. The number of nitriles is 1. The number of hydrogen-bond acceptors (Lipinski definition) is 7. The number of rotatable bonds is 8. The van der Waals surface area contributed by atoms with Crippen molar-refractivity contribution in [2.24, 2.45) is 7.05 Å². The maximum absolute atomic E-state index is 12.9. The van der Waals surface area contributed by atoms with E-state index >= 15 is 0 Å². The van der Waals surface area contributed by atoms with Gasteiger partial charge in [-0.15, -0.1) is 0 Å². The molecule has 1 fully saturated rings. The van der Waals surface area contributed by atoms with E-state index < -0.39 is 0 Å². The number of anilines is 1. The molecule has 0 saturated carbocycles. The third-order valence-corrected chi connectivity index (χ3v) is 7.22. The van der Waals surface area contributed by atoms with Gasteiger partial charge in [-0.25, -0.2) is 19.2 Å². The first kappa shape index (κ1) is 25.7. The lowest BCUT2D eigenvalue weighted by Crippen LogP contribution is -2.59. The molecule has 0 spiro atoms. The van der Waals surface area contributed by atoms with Crippen LogP contribution in [0.3, 0.4) is 0 Å². The number of aryl methyl sites for hydroxylation is 1. The molecule has 1 aliphatic rings. The minimum atomic E-state index is -0.0908. The minimum absolute atomic E-state index is 0.0908. The highest BCUT2D eigenvalue weighted by atomic mass is 16.5. The zero-order valence-electron chi connectivity index (χ0n) is 22.2. The van der Waals surface area contributed by atoms with Gasteiger partial charge in [0.1, 0.15) is 0 Å². The van der Waals surface area contributed by atoms with Gasteiger partial charge in [0.2, 0.25) is 5.88 Å². The molecule has 3 aromatic rings.